The molecule has 0 radical (unpaired) electrons. The van der Waals surface area contributed by atoms with Crippen LogP contribution in [-0.2, 0) is 6.54 Å². The molecule has 1 aromatic carbocycles. The lowest BCUT2D eigenvalue weighted by Crippen LogP contribution is -2.34. The standard InChI is InChI=1S/C12H12F2N2O4/c1-3-16-10(17)6-4-8(19-2)9(20-11(13)14)5-7(6)15-12(16)18/h4-5,11H,3H2,1-2H3,(H,15,18). The van der Waals surface area contributed by atoms with Crippen molar-refractivity contribution in [2.24, 2.45) is 0 Å². The van der Waals surface area contributed by atoms with Crippen LogP contribution in [0.25, 0.3) is 10.9 Å². The molecule has 0 bridgehead atoms. The zero-order chi connectivity index (χ0) is 14.9. The average Bonchev–Trinajstić information content (AvgIpc) is 2.38. The molecular weight excluding hydrogens is 274 g/mol. The van der Waals surface area contributed by atoms with Gasteiger partial charge in [-0.2, -0.15) is 8.78 Å². The van der Waals surface area contributed by atoms with Gasteiger partial charge in [-0.25, -0.2) is 4.79 Å². The summed E-state index contributed by atoms with van der Waals surface area (Å²) >= 11 is 0. The molecule has 0 aliphatic rings. The Morgan fingerprint density at radius 1 is 1.30 bits per heavy atom. The number of aromatic nitrogens is 2. The highest BCUT2D eigenvalue weighted by molar-refractivity contribution is 5.81. The van der Waals surface area contributed by atoms with E-state index in [2.05, 4.69) is 9.72 Å². The van der Waals surface area contributed by atoms with E-state index in [9.17, 15) is 18.4 Å². The highest BCUT2D eigenvalue weighted by atomic mass is 19.3. The molecule has 2 aromatic rings. The van der Waals surface area contributed by atoms with Gasteiger partial charge in [-0.05, 0) is 13.0 Å². The van der Waals surface area contributed by atoms with Crippen LogP contribution in [0.3, 0.4) is 0 Å². The van der Waals surface area contributed by atoms with Gasteiger partial charge in [-0.1, -0.05) is 0 Å². The molecule has 108 valence electrons. The predicted octanol–water partition coefficient (Wildman–Crippen LogP) is 1.32. The molecule has 20 heavy (non-hydrogen) atoms. The molecule has 1 aromatic heterocycles. The zero-order valence-corrected chi connectivity index (χ0v) is 10.8. The van der Waals surface area contributed by atoms with Crippen molar-refractivity contribution in [2.75, 3.05) is 7.11 Å². The Labute approximate surface area is 111 Å². The van der Waals surface area contributed by atoms with Crippen LogP contribution in [0.15, 0.2) is 21.7 Å². The SMILES string of the molecule is CCn1c(=O)[nH]c2cc(OC(F)F)c(OC)cc2c1=O. The van der Waals surface area contributed by atoms with Gasteiger partial charge >= 0.3 is 12.3 Å². The van der Waals surface area contributed by atoms with Crippen molar-refractivity contribution in [1.82, 2.24) is 9.55 Å². The summed E-state index contributed by atoms with van der Waals surface area (Å²) in [6, 6.07) is 2.40. The highest BCUT2D eigenvalue weighted by Crippen LogP contribution is 2.31. The fourth-order valence-corrected chi connectivity index (χ4v) is 1.90. The molecule has 0 fully saturated rings. The fourth-order valence-electron chi connectivity index (χ4n) is 1.90. The number of alkyl halides is 2. The maximum Gasteiger partial charge on any atom is 0.387 e. The molecule has 0 aliphatic carbocycles. The maximum atomic E-state index is 12.3. The number of hydrogen-bond donors (Lipinski definition) is 1. The Balaban J connectivity index is 2.77. The van der Waals surface area contributed by atoms with Crippen LogP contribution in [0.4, 0.5) is 8.78 Å². The number of hydrogen-bond acceptors (Lipinski definition) is 4. The van der Waals surface area contributed by atoms with Crippen molar-refractivity contribution in [3.63, 3.8) is 0 Å². The molecule has 0 unspecified atom stereocenters. The summed E-state index contributed by atoms with van der Waals surface area (Å²) in [5.41, 5.74) is -1.02. The second-order valence-electron chi connectivity index (χ2n) is 3.91. The molecule has 6 nitrogen and oxygen atoms in total. The summed E-state index contributed by atoms with van der Waals surface area (Å²) in [6.07, 6.45) is 0. The van der Waals surface area contributed by atoms with Crippen molar-refractivity contribution in [3.05, 3.63) is 33.0 Å². The average molecular weight is 286 g/mol. The van der Waals surface area contributed by atoms with Crippen molar-refractivity contribution in [1.29, 1.82) is 0 Å². The van der Waals surface area contributed by atoms with Crippen LogP contribution in [0, 0.1) is 0 Å². The van der Waals surface area contributed by atoms with Gasteiger partial charge in [0.2, 0.25) is 0 Å². The summed E-state index contributed by atoms with van der Waals surface area (Å²) in [4.78, 5) is 26.2. The summed E-state index contributed by atoms with van der Waals surface area (Å²) in [7, 11) is 1.27. The minimum Gasteiger partial charge on any atom is -0.493 e. The monoisotopic (exact) mass is 286 g/mol. The van der Waals surface area contributed by atoms with E-state index in [4.69, 9.17) is 4.74 Å². The highest BCUT2D eigenvalue weighted by Gasteiger charge is 2.15. The molecule has 2 rings (SSSR count). The molecule has 1 heterocycles. The van der Waals surface area contributed by atoms with E-state index in [1.807, 2.05) is 0 Å². The summed E-state index contributed by atoms with van der Waals surface area (Å²) in [5.74, 6) is -0.260. The number of nitrogens with zero attached hydrogens (tertiary/aromatic N) is 1. The topological polar surface area (TPSA) is 73.3 Å². The first-order chi connectivity index (χ1) is 9.47. The van der Waals surface area contributed by atoms with E-state index in [0.717, 1.165) is 10.6 Å². The van der Waals surface area contributed by atoms with E-state index < -0.39 is 17.9 Å². The van der Waals surface area contributed by atoms with E-state index in [1.165, 1.54) is 13.2 Å². The molecule has 0 amide bonds. The van der Waals surface area contributed by atoms with Crippen LogP contribution in [0.2, 0.25) is 0 Å². The first kappa shape index (κ1) is 14.0. The Hall–Kier alpha value is -2.38. The van der Waals surface area contributed by atoms with Gasteiger partial charge in [-0.3, -0.25) is 9.36 Å². The molecule has 8 heteroatoms. The first-order valence-corrected chi connectivity index (χ1v) is 5.77. The smallest absolute Gasteiger partial charge is 0.387 e. The maximum absolute atomic E-state index is 12.3. The molecule has 1 N–H and O–H groups in total. The molecule has 0 spiro atoms. The lowest BCUT2D eigenvalue weighted by Gasteiger charge is -2.11. The fraction of sp³-hybridized carbons (Fsp3) is 0.333. The summed E-state index contributed by atoms with van der Waals surface area (Å²) in [6.45, 7) is -1.19. The first-order valence-electron chi connectivity index (χ1n) is 5.77. The number of benzene rings is 1. The van der Waals surface area contributed by atoms with Crippen molar-refractivity contribution in [2.45, 2.75) is 20.1 Å². The third kappa shape index (κ3) is 2.36. The number of ether oxygens (including phenoxy) is 2. The lowest BCUT2D eigenvalue weighted by molar-refractivity contribution is -0.0511. The Kier molecular flexibility index (Phi) is 3.73. The van der Waals surface area contributed by atoms with Gasteiger partial charge in [0.25, 0.3) is 5.56 Å². The largest absolute Gasteiger partial charge is 0.493 e. The molecule has 0 atom stereocenters. The van der Waals surface area contributed by atoms with Gasteiger partial charge in [-0.15, -0.1) is 0 Å². The summed E-state index contributed by atoms with van der Waals surface area (Å²) in [5, 5.41) is 0.157. The number of aromatic amines is 1. The number of methoxy groups -OCH3 is 1. The van der Waals surface area contributed by atoms with E-state index in [1.54, 1.807) is 6.92 Å². The van der Waals surface area contributed by atoms with Crippen molar-refractivity contribution >= 4 is 10.9 Å². The van der Waals surface area contributed by atoms with Crippen molar-refractivity contribution < 1.29 is 18.3 Å². The second-order valence-corrected chi connectivity index (χ2v) is 3.91. The van der Waals surface area contributed by atoms with Crippen LogP contribution in [0.1, 0.15) is 6.92 Å². The Morgan fingerprint density at radius 3 is 2.55 bits per heavy atom. The normalized spacial score (nSPS) is 11.1. The Bertz CT molecular complexity index is 751. The minimum atomic E-state index is -3.04. The van der Waals surface area contributed by atoms with Crippen LogP contribution in [0.5, 0.6) is 11.5 Å². The van der Waals surface area contributed by atoms with Crippen LogP contribution >= 0.6 is 0 Å². The van der Waals surface area contributed by atoms with Crippen LogP contribution in [-0.4, -0.2) is 23.3 Å². The minimum absolute atomic E-state index is 0.00963. The van der Waals surface area contributed by atoms with Gasteiger partial charge < -0.3 is 14.5 Å². The molecule has 0 aliphatic heterocycles. The van der Waals surface area contributed by atoms with E-state index in [-0.39, 0.29) is 28.9 Å². The van der Waals surface area contributed by atoms with Gasteiger partial charge in [0, 0.05) is 12.6 Å². The number of fused-ring (bicyclic) bond motifs is 1. The number of halogens is 2. The third-order valence-corrected chi connectivity index (χ3v) is 2.80. The van der Waals surface area contributed by atoms with E-state index >= 15 is 0 Å². The van der Waals surface area contributed by atoms with Crippen LogP contribution < -0.4 is 20.7 Å². The number of rotatable bonds is 4. The number of nitrogens with one attached hydrogen (secondary N) is 1. The molecular formula is C12H12F2N2O4. The van der Waals surface area contributed by atoms with Gasteiger partial charge in [0.1, 0.15) is 0 Å². The quantitative estimate of drug-likeness (QED) is 0.920. The molecule has 0 saturated carbocycles. The van der Waals surface area contributed by atoms with Crippen molar-refractivity contribution in [3.8, 4) is 11.5 Å². The zero-order valence-electron chi connectivity index (χ0n) is 10.8. The number of H-pyrrole nitrogens is 1. The summed E-state index contributed by atoms with van der Waals surface area (Å²) < 4.78 is 34.8. The predicted molar refractivity (Wildman–Crippen MR) is 67.7 cm³/mol. The third-order valence-electron chi connectivity index (χ3n) is 2.80. The van der Waals surface area contributed by atoms with Gasteiger partial charge in [0.05, 0.1) is 18.0 Å². The molecule has 0 saturated heterocycles. The lowest BCUT2D eigenvalue weighted by atomic mass is 10.2. The second kappa shape index (κ2) is 5.32. The van der Waals surface area contributed by atoms with Gasteiger partial charge in [0.15, 0.2) is 11.5 Å². The Morgan fingerprint density at radius 2 is 2.00 bits per heavy atom. The van der Waals surface area contributed by atoms with E-state index in [0.29, 0.717) is 0 Å².